The number of phosphoric ester groups is 2. The molecule has 110 heavy (non-hydrogen) atoms. The fourth-order valence-corrected chi connectivity index (χ4v) is 13.2. The van der Waals surface area contributed by atoms with E-state index in [0.717, 1.165) is 21.6 Å². The summed E-state index contributed by atoms with van der Waals surface area (Å²) in [4.78, 5) is 163. The van der Waals surface area contributed by atoms with Crippen LogP contribution in [0, 0.1) is 0 Å². The van der Waals surface area contributed by atoms with Gasteiger partial charge in [-0.1, -0.05) is 0 Å². The molecule has 7 unspecified atom stereocenters. The highest BCUT2D eigenvalue weighted by Crippen LogP contribution is 2.44. The molecule has 13 heterocycles. The number of nitrogens with two attached hydrogens (primary N) is 4. The molecule has 7 aromatic rings. The lowest BCUT2D eigenvalue weighted by molar-refractivity contribution is -0.0581. The summed E-state index contributed by atoms with van der Waals surface area (Å²) in [5.41, 5.74) is 22.1. The molecule has 54 nitrogen and oxygen atoms in total. The highest BCUT2D eigenvalue weighted by molar-refractivity contribution is 8.07. The maximum atomic E-state index is 11.8. The molecule has 0 aromatic carbocycles. The number of primary amides is 1. The molecule has 19 atom stereocenters. The van der Waals surface area contributed by atoms with Crippen LogP contribution < -0.4 is 44.8 Å². The summed E-state index contributed by atoms with van der Waals surface area (Å²) in [5.74, 6) is -0.802. The summed E-state index contributed by atoms with van der Waals surface area (Å²) in [6, 6.07) is 2.79. The third-order valence-corrected chi connectivity index (χ3v) is 19.4. The number of hydrogen-bond donors (Lipinski definition) is 25. The SMILES string of the molecule is NC(=O)c1ncn(C2OC(COP(=O)(O)O)C(O)C2O)n1.NC1NC(=O)c2ncn(C3C[C@H](O)[C@@H](COP(O)(O)=S)O3)c2N1.Nc1ncnc2c1ccn2[C@H]1O[C@@H](COP(=O)(O)O)[C@H](O)[C@@H]1O.Nc1ncnc2c1ncn2C1O[C@H](COP(O)(O)=S)[C@@H](O)[C@H]1O.O=c1ccn([C@H]2C[C@H](O)[C@@H](COP(O)(O)=S)O2)c(=O)[nH]1. The lowest BCUT2D eigenvalue weighted by atomic mass is 10.1. The Kier molecular flexibility index (Phi) is 28.8. The summed E-state index contributed by atoms with van der Waals surface area (Å²) in [6.07, 6.45) is -11.1. The first-order valence-electron chi connectivity index (χ1n) is 30.9. The molecule has 2 amide bonds. The predicted octanol–water partition coefficient (Wildman–Crippen LogP) is -9.33. The molecule has 7 aromatic heterocycles. The van der Waals surface area contributed by atoms with Crippen molar-refractivity contribution in [3.63, 3.8) is 0 Å². The average molecular weight is 1720 g/mol. The van der Waals surface area contributed by atoms with E-state index in [-0.39, 0.29) is 55.8 Å². The molecular weight excluding hydrogens is 1650 g/mol. The van der Waals surface area contributed by atoms with Crippen molar-refractivity contribution in [3.8, 4) is 0 Å². The van der Waals surface area contributed by atoms with Gasteiger partial charge in [0.15, 0.2) is 42.1 Å². The predicted molar refractivity (Wildman–Crippen MR) is 370 cm³/mol. The van der Waals surface area contributed by atoms with Crippen LogP contribution in [0.25, 0.3) is 22.2 Å². The van der Waals surface area contributed by atoms with Crippen LogP contribution in [0.5, 0.6) is 0 Å². The lowest BCUT2D eigenvalue weighted by Gasteiger charge is -2.25. The summed E-state index contributed by atoms with van der Waals surface area (Å²) >= 11 is 13.0. The van der Waals surface area contributed by atoms with Crippen molar-refractivity contribution in [2.45, 2.75) is 130 Å². The number of hydrogen-bond acceptors (Lipinski definition) is 39. The number of nitrogens with one attached hydrogen (secondary N) is 3. The Morgan fingerprint density at radius 2 is 0.982 bits per heavy atom. The molecule has 6 aliphatic heterocycles. The number of nitrogen functional groups attached to an aromatic ring is 2. The van der Waals surface area contributed by atoms with Gasteiger partial charge < -0.3 is 159 Å². The first kappa shape index (κ1) is 87.8. The summed E-state index contributed by atoms with van der Waals surface area (Å²) in [5, 5.41) is 89.2. The molecule has 0 bridgehead atoms. The van der Waals surface area contributed by atoms with Crippen molar-refractivity contribution >= 4 is 123 Å². The van der Waals surface area contributed by atoms with Gasteiger partial charge in [0.2, 0.25) is 5.82 Å². The van der Waals surface area contributed by atoms with Crippen LogP contribution in [0.3, 0.4) is 0 Å². The van der Waals surface area contributed by atoms with Gasteiger partial charge >= 0.3 is 41.5 Å². The molecule has 13 rings (SSSR count). The Labute approximate surface area is 627 Å². The zero-order valence-electron chi connectivity index (χ0n) is 55.3. The molecule has 6 aliphatic rings. The topological polar surface area (TPSA) is 831 Å². The van der Waals surface area contributed by atoms with Crippen LogP contribution in [-0.4, -0.2) is 288 Å². The first-order valence-corrected chi connectivity index (χ1v) is 41.8. The van der Waals surface area contributed by atoms with Crippen molar-refractivity contribution < 1.29 is 155 Å². The van der Waals surface area contributed by atoms with Crippen LogP contribution in [0.4, 0.5) is 17.5 Å². The second-order valence-electron chi connectivity index (χ2n) is 23.6. The second kappa shape index (κ2) is 36.1. The molecule has 610 valence electrons. The van der Waals surface area contributed by atoms with Crippen LogP contribution in [-0.2, 0) is 90.9 Å². The van der Waals surface area contributed by atoms with Gasteiger partial charge in [0.25, 0.3) is 17.4 Å². The number of anilines is 3. The third-order valence-electron chi connectivity index (χ3n) is 16.0. The minimum atomic E-state index is -4.73. The molecular formula is C48H71N20O34P5S3. The molecule has 0 aliphatic carbocycles. The molecule has 62 heteroatoms. The minimum Gasteiger partial charge on any atom is -0.390 e. The number of phosphoric acid groups is 2. The van der Waals surface area contributed by atoms with Crippen molar-refractivity contribution in [2.24, 2.45) is 11.5 Å². The summed E-state index contributed by atoms with van der Waals surface area (Å²) in [7, 11) is -9.44. The Balaban J connectivity index is 0.000000158. The highest BCUT2D eigenvalue weighted by atomic mass is 32.5. The quantitative estimate of drug-likeness (QED) is 0.0297. The van der Waals surface area contributed by atoms with E-state index in [1.165, 1.54) is 40.6 Å². The van der Waals surface area contributed by atoms with Gasteiger partial charge in [-0.05, 0) is 41.5 Å². The number of nitrogens with zero attached hydrogens (tertiary/aromatic N) is 13. The van der Waals surface area contributed by atoms with Crippen LogP contribution in [0.2, 0.25) is 0 Å². The largest absolute Gasteiger partial charge is 0.469 e. The van der Waals surface area contributed by atoms with Gasteiger partial charge in [-0.15, -0.1) is 5.10 Å². The number of imidazole rings is 2. The van der Waals surface area contributed by atoms with Crippen LogP contribution >= 0.6 is 35.8 Å². The molecule has 0 spiro atoms. The standard InChI is InChI=1S/C11H15N4O7P.C10H14N5O6PS.C10H16N5O6PS.C9H13N2O7PS.C8H13N4O8P/c12-9-5-1-2-15(10(5)14-4-13-9)11-8(17)7(16)6(22-11)3-21-23(18,19)20;11-8-5-9(13-2-12-8)15(3-14-5)10-7(17)6(16)4(21-10)1-20-22(18,19)23;11-10-13-8-7(9(17)14-10)12-3-15(8)6-1-4(16)5(21-6)2-20-22(18,19)23;12-5-3-8(11-2-1-7(13)10-9(11)14)18-6(5)4-17-19(15,16)20;9-6(15)7-10-2-12(11-7)8-5(14)4(13)3(20-8)1-19-21(16,17)18/h1-2,4,6-8,11,16-17H,3H2,(H2,12,13,14)(H2,18,19,20);2-4,6-7,10,16-17H,1H2,(H2,11,12,13)(H2,18,19,23);3-6,10,13,16H,1-2,11H2,(H,14,17)(H2,18,19,23);1-2,5-6,8,12H,3-4H2,(H,10,13,14)(H2,15,16,20);2-5,8,13-14H,1H2,(H2,9,15)(H2,16,17,18)/t6-,7-,8-,11-;4-,6-,7-,10?;4-,5+,6?,10?;5-,6+,8+;/m0100./s1. The number of fused-ring (bicyclic) bond motifs is 3. The van der Waals surface area contributed by atoms with Gasteiger partial charge in [0, 0.05) is 31.3 Å². The van der Waals surface area contributed by atoms with Gasteiger partial charge in [-0.2, -0.15) is 0 Å². The van der Waals surface area contributed by atoms with E-state index in [0.29, 0.717) is 28.0 Å². The maximum Gasteiger partial charge on any atom is 0.469 e. The number of ether oxygens (including phenoxy) is 5. The second-order valence-corrected chi connectivity index (χ2v) is 34.1. The fourth-order valence-electron chi connectivity index (χ4n) is 10.9. The van der Waals surface area contributed by atoms with E-state index in [9.17, 15) is 69.2 Å². The smallest absolute Gasteiger partial charge is 0.390 e. The number of rotatable bonds is 21. The van der Waals surface area contributed by atoms with Gasteiger partial charge in [-0.3, -0.25) is 47.9 Å². The molecule has 29 N–H and O–H groups in total. The van der Waals surface area contributed by atoms with E-state index in [1.54, 1.807) is 16.8 Å². The maximum absolute atomic E-state index is 11.8. The Hall–Kier alpha value is -6.21. The first-order chi connectivity index (χ1) is 51.2. The normalized spacial score (nSPS) is 28.9. The van der Waals surface area contributed by atoms with Crippen molar-refractivity contribution in [1.29, 1.82) is 0 Å². The minimum absolute atomic E-state index is 0.0969. The Morgan fingerprint density at radius 1 is 0.527 bits per heavy atom. The number of amides is 2. The summed E-state index contributed by atoms with van der Waals surface area (Å²) < 4.78 is 77.6. The monoisotopic (exact) mass is 1720 g/mol. The fraction of sp³-hybridized carbons (Fsp3) is 0.542. The van der Waals surface area contributed by atoms with Crippen molar-refractivity contribution in [1.82, 2.24) is 73.2 Å². The van der Waals surface area contributed by atoms with E-state index < -0.39 is 189 Å². The molecule has 0 saturated carbocycles. The Morgan fingerprint density at radius 3 is 1.48 bits per heavy atom. The number of aromatic nitrogens is 14. The van der Waals surface area contributed by atoms with Crippen LogP contribution in [0.15, 0.2) is 65.8 Å². The zero-order chi connectivity index (χ0) is 81.0. The number of aliphatic hydroxyl groups is 8. The molecule has 5 saturated heterocycles. The molecule has 5 fully saturated rings. The van der Waals surface area contributed by atoms with Gasteiger partial charge in [0.05, 0.1) is 63.3 Å². The third kappa shape index (κ3) is 22.8. The number of aliphatic hydroxyl groups excluding tert-OH is 8. The van der Waals surface area contributed by atoms with Gasteiger partial charge in [0.1, 0.15) is 121 Å². The number of carbonyl (C=O) groups excluding carboxylic acids is 2. The number of carbonyl (C=O) groups is 2. The van der Waals surface area contributed by atoms with Crippen molar-refractivity contribution in [2.75, 3.05) is 49.8 Å². The highest BCUT2D eigenvalue weighted by Gasteiger charge is 2.49. The Bertz CT molecular complexity index is 4620. The van der Waals surface area contributed by atoms with Crippen LogP contribution in [0.1, 0.15) is 65.1 Å². The summed E-state index contributed by atoms with van der Waals surface area (Å²) in [6.45, 7) is -13.7. The number of H-pyrrole nitrogens is 1. The van der Waals surface area contributed by atoms with Gasteiger partial charge in [-0.25, -0.2) is 53.5 Å². The van der Waals surface area contributed by atoms with E-state index in [2.05, 4.69) is 109 Å². The van der Waals surface area contributed by atoms with E-state index in [1.807, 2.05) is 0 Å². The lowest BCUT2D eigenvalue weighted by Crippen LogP contribution is -2.51. The number of aromatic amines is 1. The molecule has 0 radical (unpaired) electrons. The average Bonchev–Trinajstić information content (AvgIpc) is 1.64. The zero-order valence-corrected chi connectivity index (χ0v) is 62.2. The van der Waals surface area contributed by atoms with Crippen molar-refractivity contribution in [3.05, 3.63) is 88.5 Å². The van der Waals surface area contributed by atoms with E-state index in [4.69, 9.17) is 100 Å². The van der Waals surface area contributed by atoms with E-state index >= 15 is 0 Å².